The van der Waals surface area contributed by atoms with E-state index in [9.17, 15) is 9.18 Å². The number of nitrogens with one attached hydrogen (secondary N) is 2. The predicted molar refractivity (Wildman–Crippen MR) is 81.2 cm³/mol. The van der Waals surface area contributed by atoms with E-state index in [1.165, 1.54) is 11.3 Å². The topological polar surface area (TPSA) is 54.0 Å². The van der Waals surface area contributed by atoms with E-state index in [2.05, 4.69) is 15.6 Å². The Morgan fingerprint density at radius 2 is 2.29 bits per heavy atom. The van der Waals surface area contributed by atoms with Gasteiger partial charge in [0, 0.05) is 23.5 Å². The van der Waals surface area contributed by atoms with Crippen molar-refractivity contribution in [1.29, 1.82) is 0 Å². The van der Waals surface area contributed by atoms with E-state index < -0.39 is 0 Å². The molecule has 0 aliphatic heterocycles. The summed E-state index contributed by atoms with van der Waals surface area (Å²) in [5.41, 5.74) is 1.54. The summed E-state index contributed by atoms with van der Waals surface area (Å²) in [7, 11) is 0. The zero-order valence-corrected chi connectivity index (χ0v) is 12.5. The Hall–Kier alpha value is -1.95. The fourth-order valence-corrected chi connectivity index (χ4v) is 2.78. The van der Waals surface area contributed by atoms with Gasteiger partial charge >= 0.3 is 6.03 Å². The second kappa shape index (κ2) is 5.81. The minimum atomic E-state index is -0.209. The Balaban J connectivity index is 1.61. The number of halogens is 1. The van der Waals surface area contributed by atoms with Crippen LogP contribution in [-0.2, 0) is 6.42 Å². The van der Waals surface area contributed by atoms with E-state index in [1.807, 2.05) is 6.07 Å². The maximum Gasteiger partial charge on any atom is 0.321 e. The molecular formula is C15H16FN3OS. The predicted octanol–water partition coefficient (Wildman–Crippen LogP) is 3.47. The molecule has 1 aliphatic carbocycles. The summed E-state index contributed by atoms with van der Waals surface area (Å²) in [6, 6.07) is 5.33. The van der Waals surface area contributed by atoms with Gasteiger partial charge in [0.25, 0.3) is 0 Å². The van der Waals surface area contributed by atoms with Crippen LogP contribution >= 0.6 is 11.3 Å². The number of benzene rings is 1. The molecule has 1 aliphatic rings. The van der Waals surface area contributed by atoms with Crippen LogP contribution in [-0.4, -0.2) is 17.1 Å². The van der Waals surface area contributed by atoms with Crippen molar-refractivity contribution in [3.05, 3.63) is 46.2 Å². The minimum absolute atomic E-state index is 0.195. The Bertz CT molecular complexity index is 667. The zero-order valence-electron chi connectivity index (χ0n) is 11.6. The second-order valence-corrected chi connectivity index (χ2v) is 6.38. The third-order valence-corrected chi connectivity index (χ3v) is 4.21. The van der Waals surface area contributed by atoms with Gasteiger partial charge in [-0.3, -0.25) is 5.32 Å². The Morgan fingerprint density at radius 1 is 1.48 bits per heavy atom. The highest BCUT2D eigenvalue weighted by Gasteiger charge is 2.23. The first kappa shape index (κ1) is 14.0. The smallest absolute Gasteiger partial charge is 0.321 e. The fourth-order valence-electron chi connectivity index (χ4n) is 1.94. The summed E-state index contributed by atoms with van der Waals surface area (Å²) >= 11 is 1.41. The van der Waals surface area contributed by atoms with E-state index in [4.69, 9.17) is 0 Å². The number of nitrogens with zero attached hydrogens (tertiary/aromatic N) is 1. The number of amides is 2. The van der Waals surface area contributed by atoms with Crippen molar-refractivity contribution in [3.63, 3.8) is 0 Å². The SMILES string of the molecule is Cc1ccc(Cc2cnc(NC(=O)NC3CC3)s2)cc1F. The molecular weight excluding hydrogens is 289 g/mol. The molecule has 0 unspecified atom stereocenters. The maximum absolute atomic E-state index is 13.5. The van der Waals surface area contributed by atoms with Gasteiger partial charge in [0.05, 0.1) is 0 Å². The molecule has 1 aromatic heterocycles. The van der Waals surface area contributed by atoms with Crippen molar-refractivity contribution in [1.82, 2.24) is 10.3 Å². The van der Waals surface area contributed by atoms with Gasteiger partial charge in [-0.25, -0.2) is 14.2 Å². The van der Waals surface area contributed by atoms with Crippen molar-refractivity contribution in [3.8, 4) is 0 Å². The van der Waals surface area contributed by atoms with Crippen LogP contribution in [0.5, 0.6) is 0 Å². The third kappa shape index (κ3) is 3.78. The molecule has 21 heavy (non-hydrogen) atoms. The summed E-state index contributed by atoms with van der Waals surface area (Å²) in [5.74, 6) is -0.195. The summed E-state index contributed by atoms with van der Waals surface area (Å²) in [6.45, 7) is 1.74. The number of aromatic nitrogens is 1. The number of rotatable bonds is 4. The van der Waals surface area contributed by atoms with Crippen LogP contribution < -0.4 is 10.6 Å². The maximum atomic E-state index is 13.5. The summed E-state index contributed by atoms with van der Waals surface area (Å²) < 4.78 is 13.5. The van der Waals surface area contributed by atoms with Gasteiger partial charge < -0.3 is 5.32 Å². The lowest BCUT2D eigenvalue weighted by Crippen LogP contribution is -2.30. The number of aryl methyl sites for hydroxylation is 1. The highest BCUT2D eigenvalue weighted by Crippen LogP contribution is 2.23. The van der Waals surface area contributed by atoms with Gasteiger partial charge in [-0.2, -0.15) is 0 Å². The van der Waals surface area contributed by atoms with Gasteiger partial charge in [0.1, 0.15) is 5.82 Å². The number of anilines is 1. The Kier molecular flexibility index (Phi) is 3.88. The molecule has 1 aromatic carbocycles. The van der Waals surface area contributed by atoms with Crippen LogP contribution in [0.4, 0.5) is 14.3 Å². The molecule has 0 atom stereocenters. The lowest BCUT2D eigenvalue weighted by atomic mass is 10.1. The molecule has 6 heteroatoms. The molecule has 0 radical (unpaired) electrons. The highest BCUT2D eigenvalue weighted by atomic mass is 32.1. The average molecular weight is 305 g/mol. The molecule has 110 valence electrons. The quantitative estimate of drug-likeness (QED) is 0.909. The Labute approximate surface area is 126 Å². The molecule has 2 N–H and O–H groups in total. The monoisotopic (exact) mass is 305 g/mol. The summed E-state index contributed by atoms with van der Waals surface area (Å²) in [4.78, 5) is 16.8. The van der Waals surface area contributed by atoms with Gasteiger partial charge in [0.15, 0.2) is 5.13 Å². The number of carbonyl (C=O) groups is 1. The standard InChI is InChI=1S/C15H16FN3OS/c1-9-2-3-10(7-13(9)16)6-12-8-17-15(21-12)19-14(20)18-11-4-5-11/h2-3,7-8,11H,4-6H2,1H3,(H2,17,18,19,20). The largest absolute Gasteiger partial charge is 0.335 e. The lowest BCUT2D eigenvalue weighted by Gasteiger charge is -2.02. The first-order valence-corrected chi connectivity index (χ1v) is 7.69. The molecule has 3 rings (SSSR count). The van der Waals surface area contributed by atoms with Gasteiger partial charge in [-0.15, -0.1) is 11.3 Å². The Morgan fingerprint density at radius 3 is 3.00 bits per heavy atom. The number of carbonyl (C=O) groups excluding carboxylic acids is 1. The van der Waals surface area contributed by atoms with Crippen LogP contribution in [0, 0.1) is 12.7 Å². The van der Waals surface area contributed by atoms with E-state index in [0.29, 0.717) is 23.2 Å². The normalized spacial score (nSPS) is 14.0. The van der Waals surface area contributed by atoms with Gasteiger partial charge in [-0.1, -0.05) is 12.1 Å². The van der Waals surface area contributed by atoms with E-state index in [1.54, 1.807) is 25.3 Å². The van der Waals surface area contributed by atoms with Crippen molar-refractivity contribution in [2.75, 3.05) is 5.32 Å². The van der Waals surface area contributed by atoms with Crippen LogP contribution in [0.2, 0.25) is 0 Å². The molecule has 1 heterocycles. The zero-order chi connectivity index (χ0) is 14.8. The van der Waals surface area contributed by atoms with Gasteiger partial charge in [-0.05, 0) is 37.0 Å². The van der Waals surface area contributed by atoms with Crippen molar-refractivity contribution < 1.29 is 9.18 Å². The van der Waals surface area contributed by atoms with Crippen molar-refractivity contribution >= 4 is 22.5 Å². The number of urea groups is 1. The average Bonchev–Trinajstić information content (AvgIpc) is 3.13. The molecule has 0 saturated heterocycles. The van der Waals surface area contributed by atoms with Crippen LogP contribution in [0.25, 0.3) is 0 Å². The number of thiazole rings is 1. The molecule has 2 amide bonds. The van der Waals surface area contributed by atoms with E-state index in [-0.39, 0.29) is 11.8 Å². The third-order valence-electron chi connectivity index (χ3n) is 3.30. The molecule has 1 fully saturated rings. The molecule has 4 nitrogen and oxygen atoms in total. The second-order valence-electron chi connectivity index (χ2n) is 5.26. The number of hydrogen-bond donors (Lipinski definition) is 2. The van der Waals surface area contributed by atoms with E-state index >= 15 is 0 Å². The van der Waals surface area contributed by atoms with E-state index in [0.717, 1.165) is 23.3 Å². The first-order chi connectivity index (χ1) is 10.1. The highest BCUT2D eigenvalue weighted by molar-refractivity contribution is 7.15. The molecule has 1 saturated carbocycles. The summed E-state index contributed by atoms with van der Waals surface area (Å²) in [5, 5.41) is 6.13. The fraction of sp³-hybridized carbons (Fsp3) is 0.333. The van der Waals surface area contributed by atoms with Gasteiger partial charge in [0.2, 0.25) is 0 Å². The van der Waals surface area contributed by atoms with Crippen molar-refractivity contribution in [2.24, 2.45) is 0 Å². The minimum Gasteiger partial charge on any atom is -0.335 e. The first-order valence-electron chi connectivity index (χ1n) is 6.87. The van der Waals surface area contributed by atoms with Crippen LogP contribution in [0.1, 0.15) is 28.8 Å². The molecule has 0 bridgehead atoms. The van der Waals surface area contributed by atoms with Crippen LogP contribution in [0.3, 0.4) is 0 Å². The molecule has 0 spiro atoms. The number of hydrogen-bond acceptors (Lipinski definition) is 3. The lowest BCUT2D eigenvalue weighted by molar-refractivity contribution is 0.251. The van der Waals surface area contributed by atoms with Crippen molar-refractivity contribution in [2.45, 2.75) is 32.2 Å². The summed E-state index contributed by atoms with van der Waals surface area (Å²) in [6.07, 6.45) is 4.43. The molecule has 2 aromatic rings. The van der Waals surface area contributed by atoms with Crippen LogP contribution in [0.15, 0.2) is 24.4 Å².